The number of hydrogen-bond donors (Lipinski definition) is 0. The van der Waals surface area contributed by atoms with Crippen molar-refractivity contribution in [1.82, 2.24) is 0 Å². The molecule has 1 aliphatic carbocycles. The van der Waals surface area contributed by atoms with Gasteiger partial charge in [0.2, 0.25) is 5.90 Å². The van der Waals surface area contributed by atoms with Gasteiger partial charge in [-0.25, -0.2) is 4.99 Å². The molecule has 2 nitrogen and oxygen atoms in total. The van der Waals surface area contributed by atoms with E-state index >= 15 is 0 Å². The number of benzene rings is 3. The molecule has 3 aromatic rings. The molecule has 2 atom stereocenters. The lowest BCUT2D eigenvalue weighted by Gasteiger charge is -2.26. The third kappa shape index (κ3) is 4.01. The maximum absolute atomic E-state index is 6.13. The molecule has 148 valence electrons. The van der Waals surface area contributed by atoms with Crippen LogP contribution in [0.15, 0.2) is 120 Å². The van der Waals surface area contributed by atoms with Crippen molar-refractivity contribution in [3.05, 3.63) is 120 Å². The quantitative estimate of drug-likeness (QED) is 0.524. The molecule has 2 aliphatic rings. The summed E-state index contributed by atoms with van der Waals surface area (Å²) in [6, 6.07) is 32.4. The van der Waals surface area contributed by atoms with Crippen molar-refractivity contribution in [2.45, 2.75) is 18.1 Å². The summed E-state index contributed by atoms with van der Waals surface area (Å²) < 4.78 is 6.13. The van der Waals surface area contributed by atoms with E-state index in [-0.39, 0.29) is 11.7 Å². The van der Waals surface area contributed by atoms with Gasteiger partial charge in [-0.1, -0.05) is 109 Å². The first kappa shape index (κ1) is 19.0. The zero-order valence-electron chi connectivity index (χ0n) is 16.8. The Bertz CT molecular complexity index is 1030. The monoisotopic (exact) mass is 409 g/mol. The maximum Gasteiger partial charge on any atom is 0.213 e. The van der Waals surface area contributed by atoms with Gasteiger partial charge in [-0.15, -0.1) is 0 Å². The Morgan fingerprint density at radius 1 is 0.800 bits per heavy atom. The van der Waals surface area contributed by atoms with Gasteiger partial charge in [-0.2, -0.15) is 0 Å². The van der Waals surface area contributed by atoms with Gasteiger partial charge in [0, 0.05) is 11.2 Å². The van der Waals surface area contributed by atoms with E-state index in [1.165, 1.54) is 21.7 Å². The van der Waals surface area contributed by atoms with E-state index in [1.54, 1.807) is 0 Å². The van der Waals surface area contributed by atoms with Gasteiger partial charge >= 0.3 is 0 Å². The molecule has 3 heteroatoms. The second kappa shape index (κ2) is 8.81. The molecular formula is C27H24NOP. The van der Waals surface area contributed by atoms with E-state index in [4.69, 9.17) is 9.73 Å². The highest BCUT2D eigenvalue weighted by Gasteiger charge is 2.33. The predicted molar refractivity (Wildman–Crippen MR) is 127 cm³/mol. The number of ether oxygens (including phenoxy) is 1. The topological polar surface area (TPSA) is 21.6 Å². The van der Waals surface area contributed by atoms with E-state index in [0.29, 0.717) is 6.61 Å². The van der Waals surface area contributed by atoms with E-state index < -0.39 is 7.92 Å². The molecule has 0 fully saturated rings. The number of rotatable bonds is 6. The Kier molecular flexibility index (Phi) is 5.59. The highest BCUT2D eigenvalue weighted by Crippen LogP contribution is 2.46. The van der Waals surface area contributed by atoms with Crippen LogP contribution in [0.2, 0.25) is 0 Å². The molecule has 3 aromatic carbocycles. The largest absolute Gasteiger partial charge is 0.475 e. The van der Waals surface area contributed by atoms with Gasteiger partial charge in [-0.05, 0) is 30.5 Å². The lowest BCUT2D eigenvalue weighted by molar-refractivity contribution is 0.316. The molecule has 30 heavy (non-hydrogen) atoms. The molecule has 5 rings (SSSR count). The Balaban J connectivity index is 1.43. The lowest BCUT2D eigenvalue weighted by Crippen LogP contribution is -2.24. The Morgan fingerprint density at radius 2 is 1.40 bits per heavy atom. The van der Waals surface area contributed by atoms with Crippen molar-refractivity contribution in [2.24, 2.45) is 4.99 Å². The average molecular weight is 409 g/mol. The smallest absolute Gasteiger partial charge is 0.213 e. The van der Waals surface area contributed by atoms with Crippen LogP contribution in [0.4, 0.5) is 0 Å². The lowest BCUT2D eigenvalue weighted by atomic mass is 10.1. The highest BCUT2D eigenvalue weighted by atomic mass is 31.1. The minimum atomic E-state index is -0.586. The zero-order valence-corrected chi connectivity index (χ0v) is 17.7. The second-order valence-electron chi connectivity index (χ2n) is 7.58. The molecule has 1 heterocycles. The summed E-state index contributed by atoms with van der Waals surface area (Å²) in [7, 11) is -0.586. The van der Waals surface area contributed by atoms with Crippen molar-refractivity contribution in [3.63, 3.8) is 0 Å². The minimum absolute atomic E-state index is 0.184. The van der Waals surface area contributed by atoms with E-state index in [1.807, 2.05) is 0 Å². The third-order valence-corrected chi connectivity index (χ3v) is 8.22. The molecule has 2 unspecified atom stereocenters. The number of allylic oxidation sites excluding steroid dienone is 3. The van der Waals surface area contributed by atoms with E-state index in [9.17, 15) is 0 Å². The van der Waals surface area contributed by atoms with Gasteiger partial charge in [0.05, 0.1) is 6.04 Å². The molecular weight excluding hydrogens is 385 g/mol. The van der Waals surface area contributed by atoms with E-state index in [0.717, 1.165) is 12.3 Å². The molecule has 0 N–H and O–H groups in total. The van der Waals surface area contributed by atoms with Crippen LogP contribution in [0, 0.1) is 0 Å². The first-order chi connectivity index (χ1) is 14.9. The molecule has 0 bridgehead atoms. The molecule has 1 aliphatic heterocycles. The van der Waals surface area contributed by atoms with Gasteiger partial charge in [0.25, 0.3) is 0 Å². The minimum Gasteiger partial charge on any atom is -0.475 e. The third-order valence-electron chi connectivity index (χ3n) is 5.51. The summed E-state index contributed by atoms with van der Waals surface area (Å²) in [5.41, 5.74) is 2.80. The number of nitrogens with zero attached hydrogens (tertiary/aromatic N) is 1. The highest BCUT2D eigenvalue weighted by molar-refractivity contribution is 7.74. The van der Waals surface area contributed by atoms with Gasteiger partial charge in [0.1, 0.15) is 6.61 Å². The normalized spacial score (nSPS) is 20.2. The molecule has 0 amide bonds. The Hall–Kier alpha value is -2.96. The van der Waals surface area contributed by atoms with Crippen LogP contribution in [-0.2, 0) is 11.2 Å². The zero-order chi connectivity index (χ0) is 20.2. The predicted octanol–water partition coefficient (Wildman–Crippen LogP) is 5.02. The van der Waals surface area contributed by atoms with Gasteiger partial charge < -0.3 is 4.74 Å². The van der Waals surface area contributed by atoms with Crippen molar-refractivity contribution in [3.8, 4) is 0 Å². The van der Waals surface area contributed by atoms with Crippen molar-refractivity contribution >= 4 is 24.4 Å². The van der Waals surface area contributed by atoms with Gasteiger partial charge in [-0.3, -0.25) is 0 Å². The van der Waals surface area contributed by atoms with Crippen LogP contribution < -0.4 is 10.6 Å². The summed E-state index contributed by atoms with van der Waals surface area (Å²) in [5.74, 6) is 0.824. The first-order valence-corrected chi connectivity index (χ1v) is 11.8. The summed E-state index contributed by atoms with van der Waals surface area (Å²) in [4.78, 5) is 4.98. The maximum atomic E-state index is 6.13. The number of hydrogen-bond acceptors (Lipinski definition) is 2. The number of aliphatic imine (C=N–C) groups is 1. The Labute approximate surface area is 179 Å². The SMILES string of the molecule is C1=CC(P(c2ccccc2)c2ccccc2)C(C2=NC(Cc3ccccc3)CO2)=C1. The summed E-state index contributed by atoms with van der Waals surface area (Å²) in [6.07, 6.45) is 7.59. The van der Waals surface area contributed by atoms with Crippen LogP contribution in [0.1, 0.15) is 5.56 Å². The van der Waals surface area contributed by atoms with Crippen LogP contribution >= 0.6 is 7.92 Å². The first-order valence-electron chi connectivity index (χ1n) is 10.4. The average Bonchev–Trinajstić information content (AvgIpc) is 3.46. The summed E-state index contributed by atoms with van der Waals surface area (Å²) >= 11 is 0. The molecule has 0 saturated heterocycles. The Morgan fingerprint density at radius 3 is 2.03 bits per heavy atom. The van der Waals surface area contributed by atoms with Crippen LogP contribution in [0.25, 0.3) is 0 Å². The van der Waals surface area contributed by atoms with E-state index in [2.05, 4.69) is 109 Å². The fourth-order valence-corrected chi connectivity index (χ4v) is 6.77. The molecule has 0 aromatic heterocycles. The summed E-state index contributed by atoms with van der Waals surface area (Å²) in [5, 5.41) is 2.75. The van der Waals surface area contributed by atoms with Gasteiger partial charge in [0.15, 0.2) is 0 Å². The standard InChI is InChI=1S/C27H24NOP/c1-4-11-21(12-5-1)19-22-20-29-27(28-22)25-17-10-18-26(25)30(23-13-6-2-7-14-23)24-15-8-3-9-16-24/h1-18,22,26H,19-20H2. The van der Waals surface area contributed by atoms with Crippen LogP contribution in [-0.4, -0.2) is 24.2 Å². The molecule has 0 saturated carbocycles. The second-order valence-corrected chi connectivity index (χ2v) is 9.91. The van der Waals surface area contributed by atoms with Crippen molar-refractivity contribution in [1.29, 1.82) is 0 Å². The fourth-order valence-electron chi connectivity index (χ4n) is 4.10. The molecule has 0 spiro atoms. The summed E-state index contributed by atoms with van der Waals surface area (Å²) in [6.45, 7) is 0.656. The van der Waals surface area contributed by atoms with Crippen molar-refractivity contribution in [2.75, 3.05) is 6.61 Å². The fraction of sp³-hybridized carbons (Fsp3) is 0.148. The molecule has 0 radical (unpaired) electrons. The van der Waals surface area contributed by atoms with Crippen molar-refractivity contribution < 1.29 is 4.74 Å². The van der Waals surface area contributed by atoms with Crippen LogP contribution in [0.3, 0.4) is 0 Å². The van der Waals surface area contributed by atoms with Crippen LogP contribution in [0.5, 0.6) is 0 Å².